The fourth-order valence-electron chi connectivity index (χ4n) is 4.66. The van der Waals surface area contributed by atoms with E-state index >= 15 is 0 Å². The highest BCUT2D eigenvalue weighted by atomic mass is 32.1. The molecule has 2 aromatic rings. The second-order valence-electron chi connectivity index (χ2n) is 8.55. The summed E-state index contributed by atoms with van der Waals surface area (Å²) in [5.74, 6) is 2.08. The molecule has 29 heavy (non-hydrogen) atoms. The average Bonchev–Trinajstić information content (AvgIpc) is 3.35. The normalized spacial score (nSPS) is 24.7. The van der Waals surface area contributed by atoms with Gasteiger partial charge in [0.15, 0.2) is 6.04 Å². The van der Waals surface area contributed by atoms with Crippen LogP contribution in [0.1, 0.15) is 35.9 Å². The lowest BCUT2D eigenvalue weighted by molar-refractivity contribution is -1.02. The highest BCUT2D eigenvalue weighted by molar-refractivity contribution is 7.10. The van der Waals surface area contributed by atoms with Crippen LogP contribution in [0, 0.1) is 0 Å². The number of quaternary nitrogens is 3. The highest BCUT2D eigenvalue weighted by Crippen LogP contribution is 2.34. The first-order valence-electron chi connectivity index (χ1n) is 11.1. The fraction of sp³-hybridized carbons (Fsp3) is 0.565. The molecule has 3 heterocycles. The summed E-state index contributed by atoms with van der Waals surface area (Å²) in [5, 5.41) is 4.68. The number of hydrogen-bond donors (Lipinski definition) is 3. The molecule has 0 aliphatic carbocycles. The molecule has 0 spiro atoms. The van der Waals surface area contributed by atoms with Gasteiger partial charge >= 0.3 is 0 Å². The van der Waals surface area contributed by atoms with Crippen LogP contribution in [-0.4, -0.2) is 52.5 Å². The van der Waals surface area contributed by atoms with Crippen molar-refractivity contribution >= 4 is 11.3 Å². The molecule has 2 atom stereocenters. The summed E-state index contributed by atoms with van der Waals surface area (Å²) in [4.78, 5) is 4.92. The summed E-state index contributed by atoms with van der Waals surface area (Å²) in [6.45, 7) is 12.0. The Bertz CT molecular complexity index is 788. The summed E-state index contributed by atoms with van der Waals surface area (Å²) >= 11 is 1.91. The summed E-state index contributed by atoms with van der Waals surface area (Å²) in [6.07, 6.45) is 1.25. The van der Waals surface area contributed by atoms with Gasteiger partial charge in [0.05, 0.1) is 24.1 Å². The molecule has 158 valence electrons. The first-order valence-corrected chi connectivity index (χ1v) is 12.0. The highest BCUT2D eigenvalue weighted by Gasteiger charge is 2.31. The largest absolute Gasteiger partial charge is 0.493 e. The van der Waals surface area contributed by atoms with Gasteiger partial charge < -0.3 is 24.6 Å². The van der Waals surface area contributed by atoms with Gasteiger partial charge in [0, 0.05) is 12.0 Å². The van der Waals surface area contributed by atoms with Gasteiger partial charge in [-0.05, 0) is 37.4 Å². The molecule has 0 amide bonds. The van der Waals surface area contributed by atoms with Crippen LogP contribution < -0.4 is 24.6 Å². The van der Waals surface area contributed by atoms with Crippen LogP contribution in [0.25, 0.3) is 0 Å². The maximum Gasteiger partial charge on any atom is 0.172 e. The lowest BCUT2D eigenvalue weighted by atomic mass is 10.1. The number of hydrogen-bond acceptors (Lipinski definition) is 3. The Morgan fingerprint density at radius 3 is 2.83 bits per heavy atom. The summed E-state index contributed by atoms with van der Waals surface area (Å²) in [6, 6.07) is 9.50. The van der Waals surface area contributed by atoms with Crippen LogP contribution in [0.4, 0.5) is 0 Å². The number of rotatable bonds is 8. The topological polar surface area (TPSA) is 44.0 Å². The van der Waals surface area contributed by atoms with Gasteiger partial charge in [-0.25, -0.2) is 0 Å². The van der Waals surface area contributed by atoms with E-state index in [1.165, 1.54) is 42.2 Å². The van der Waals surface area contributed by atoms with Crippen molar-refractivity contribution in [3.05, 3.63) is 45.6 Å². The molecule has 2 aliphatic heterocycles. The van der Waals surface area contributed by atoms with E-state index < -0.39 is 0 Å². The zero-order valence-electron chi connectivity index (χ0n) is 18.0. The third-order valence-electron chi connectivity index (χ3n) is 6.27. The Morgan fingerprint density at radius 2 is 2.10 bits per heavy atom. The SMILES string of the molecule is CCOc1cc2c(cc1C[NH2+]C[C@H](c1cccs1)[NH+]1CC[NH+](C)CC1)O[C@H](C)C2. The third kappa shape index (κ3) is 4.94. The van der Waals surface area contributed by atoms with Crippen molar-refractivity contribution in [3.63, 3.8) is 0 Å². The lowest BCUT2D eigenvalue weighted by Gasteiger charge is -2.32. The van der Waals surface area contributed by atoms with Crippen molar-refractivity contribution in [2.45, 2.75) is 39.0 Å². The smallest absolute Gasteiger partial charge is 0.172 e. The van der Waals surface area contributed by atoms with Crippen molar-refractivity contribution in [2.24, 2.45) is 0 Å². The number of nitrogens with two attached hydrogens (primary N) is 1. The maximum absolute atomic E-state index is 6.00. The van der Waals surface area contributed by atoms with Crippen LogP contribution in [0.15, 0.2) is 29.6 Å². The molecular weight excluding hydrogens is 382 g/mol. The van der Waals surface area contributed by atoms with Crippen LogP contribution in [-0.2, 0) is 13.0 Å². The predicted molar refractivity (Wildman–Crippen MR) is 116 cm³/mol. The van der Waals surface area contributed by atoms with Crippen LogP contribution in [0.3, 0.4) is 0 Å². The fourth-order valence-corrected chi connectivity index (χ4v) is 5.55. The molecular formula is C23H36N3O2S+3. The van der Waals surface area contributed by atoms with Crippen LogP contribution in [0.5, 0.6) is 11.5 Å². The molecule has 4 rings (SSSR count). The van der Waals surface area contributed by atoms with Crippen molar-refractivity contribution in [2.75, 3.05) is 46.4 Å². The molecule has 0 radical (unpaired) electrons. The molecule has 0 unspecified atom stereocenters. The molecule has 6 heteroatoms. The first kappa shape index (κ1) is 20.7. The Hall–Kier alpha value is -1.60. The quantitative estimate of drug-likeness (QED) is 0.551. The number of ether oxygens (including phenoxy) is 2. The minimum absolute atomic E-state index is 0.268. The van der Waals surface area contributed by atoms with Gasteiger partial charge in [-0.15, -0.1) is 11.3 Å². The number of likely N-dealkylation sites (N-methyl/N-ethyl adjacent to an activating group) is 1. The zero-order chi connectivity index (χ0) is 20.2. The van der Waals surface area contributed by atoms with E-state index in [9.17, 15) is 0 Å². The number of fused-ring (bicyclic) bond motifs is 1. The second-order valence-corrected chi connectivity index (χ2v) is 9.52. The van der Waals surface area contributed by atoms with Crippen molar-refractivity contribution in [1.82, 2.24) is 0 Å². The molecule has 0 saturated carbocycles. The molecule has 1 fully saturated rings. The van der Waals surface area contributed by atoms with Gasteiger partial charge in [-0.3, -0.25) is 0 Å². The first-order chi connectivity index (χ1) is 14.1. The molecule has 4 N–H and O–H groups in total. The summed E-state index contributed by atoms with van der Waals surface area (Å²) < 4.78 is 12.0. The van der Waals surface area contributed by atoms with Gasteiger partial charge in [-0.2, -0.15) is 0 Å². The monoisotopic (exact) mass is 418 g/mol. The summed E-state index contributed by atoms with van der Waals surface area (Å²) in [5.41, 5.74) is 2.54. The molecule has 1 saturated heterocycles. The van der Waals surface area contributed by atoms with E-state index in [0.717, 1.165) is 31.0 Å². The van der Waals surface area contributed by atoms with Crippen molar-refractivity contribution in [1.29, 1.82) is 0 Å². The number of thiophene rings is 1. The van der Waals surface area contributed by atoms with E-state index in [-0.39, 0.29) is 6.10 Å². The molecule has 5 nitrogen and oxygen atoms in total. The van der Waals surface area contributed by atoms with Gasteiger partial charge in [0.25, 0.3) is 0 Å². The van der Waals surface area contributed by atoms with Crippen LogP contribution in [0.2, 0.25) is 0 Å². The van der Waals surface area contributed by atoms with Crippen LogP contribution >= 0.6 is 11.3 Å². The maximum atomic E-state index is 6.00. The Balaban J connectivity index is 1.44. The molecule has 1 aromatic carbocycles. The van der Waals surface area contributed by atoms with E-state index in [0.29, 0.717) is 12.6 Å². The Labute approximate surface area is 178 Å². The van der Waals surface area contributed by atoms with E-state index in [1.54, 1.807) is 9.80 Å². The Morgan fingerprint density at radius 1 is 1.28 bits per heavy atom. The Kier molecular flexibility index (Phi) is 6.75. The van der Waals surface area contributed by atoms with E-state index in [4.69, 9.17) is 9.47 Å². The van der Waals surface area contributed by atoms with Gasteiger partial charge in [0.2, 0.25) is 0 Å². The zero-order valence-corrected chi connectivity index (χ0v) is 18.8. The minimum atomic E-state index is 0.268. The lowest BCUT2D eigenvalue weighted by Crippen LogP contribution is -3.27. The average molecular weight is 419 g/mol. The van der Waals surface area contributed by atoms with E-state index in [1.807, 2.05) is 11.3 Å². The van der Waals surface area contributed by atoms with Gasteiger partial charge in [0.1, 0.15) is 56.9 Å². The second kappa shape index (κ2) is 9.47. The molecule has 1 aromatic heterocycles. The number of nitrogens with one attached hydrogen (secondary N) is 2. The molecule has 0 bridgehead atoms. The number of piperazine rings is 1. The van der Waals surface area contributed by atoms with Crippen molar-refractivity contribution in [3.8, 4) is 11.5 Å². The van der Waals surface area contributed by atoms with Gasteiger partial charge in [-0.1, -0.05) is 6.07 Å². The minimum Gasteiger partial charge on any atom is -0.493 e. The standard InChI is InChI=1S/C23H33N3O2S/c1-4-27-21-13-18-12-17(2)28-22(18)14-19(21)15-24-16-20(23-6-5-11-29-23)26-9-7-25(3)8-10-26/h5-6,11,13-14,17,20,24H,4,7-10,12,15-16H2,1-3H3/p+3/t17-,20-/m1/s1. The van der Waals surface area contributed by atoms with E-state index in [2.05, 4.69) is 55.9 Å². The third-order valence-corrected chi connectivity index (χ3v) is 7.26. The summed E-state index contributed by atoms with van der Waals surface area (Å²) in [7, 11) is 2.31. The van der Waals surface area contributed by atoms with Crippen molar-refractivity contribution < 1.29 is 24.6 Å². The predicted octanol–water partition coefficient (Wildman–Crippen LogP) is -0.312. The number of benzene rings is 1. The molecule has 2 aliphatic rings.